The van der Waals surface area contributed by atoms with Crippen LogP contribution < -0.4 is 20.3 Å². The van der Waals surface area contributed by atoms with E-state index < -0.39 is 0 Å². The number of ether oxygens (including phenoxy) is 2. The smallest absolute Gasteiger partial charge is 0.141 e. The Hall–Kier alpha value is -3.94. The maximum atomic E-state index is 5.56. The average molecular weight is 434 g/mol. The summed E-state index contributed by atoms with van der Waals surface area (Å²) in [5.74, 6) is 2.97. The van der Waals surface area contributed by atoms with Crippen LogP contribution in [-0.2, 0) is 0 Å². The second kappa shape index (κ2) is 8.66. The lowest BCUT2D eigenvalue weighted by Crippen LogP contribution is -2.09. The predicted octanol–water partition coefficient (Wildman–Crippen LogP) is 5.69. The second-order valence-corrected chi connectivity index (χ2v) is 7.48. The van der Waals surface area contributed by atoms with Gasteiger partial charge in [-0.1, -0.05) is 10.3 Å². The van der Waals surface area contributed by atoms with Crippen molar-refractivity contribution in [2.24, 2.45) is 0 Å². The highest BCUT2D eigenvalue weighted by Gasteiger charge is 2.18. The van der Waals surface area contributed by atoms with Crippen LogP contribution in [0.1, 0.15) is 22.9 Å². The first-order valence-corrected chi connectivity index (χ1v) is 10.2. The normalized spacial score (nSPS) is 10.8. The van der Waals surface area contributed by atoms with Gasteiger partial charge in [-0.3, -0.25) is 0 Å². The van der Waals surface area contributed by atoms with Crippen molar-refractivity contribution >= 4 is 11.4 Å². The van der Waals surface area contributed by atoms with Crippen LogP contribution in [-0.4, -0.2) is 24.5 Å². The number of methoxy groups -OCH3 is 2. The van der Waals surface area contributed by atoms with Gasteiger partial charge in [0.15, 0.2) is 0 Å². The third-order valence-corrected chi connectivity index (χ3v) is 5.36. The molecule has 2 heterocycles. The Labute approximate surface area is 186 Å². The zero-order valence-electron chi connectivity index (χ0n) is 19.0. The van der Waals surface area contributed by atoms with Crippen molar-refractivity contribution < 1.29 is 18.5 Å². The van der Waals surface area contributed by atoms with Crippen LogP contribution >= 0.6 is 0 Å². The molecule has 8 heteroatoms. The van der Waals surface area contributed by atoms with E-state index >= 15 is 0 Å². The highest BCUT2D eigenvalue weighted by molar-refractivity contribution is 5.79. The minimum absolute atomic E-state index is 0.741. The summed E-state index contributed by atoms with van der Waals surface area (Å²) in [4.78, 5) is 0. The van der Waals surface area contributed by atoms with Crippen LogP contribution in [0.2, 0.25) is 0 Å². The van der Waals surface area contributed by atoms with Crippen molar-refractivity contribution in [3.8, 4) is 33.8 Å². The summed E-state index contributed by atoms with van der Waals surface area (Å²) < 4.78 is 21.8. The van der Waals surface area contributed by atoms with Gasteiger partial charge in [-0.25, -0.2) is 0 Å². The number of nitrogens with zero attached hydrogens (tertiary/aromatic N) is 2. The number of hydrazine groups is 1. The summed E-state index contributed by atoms with van der Waals surface area (Å²) in [5, 5.41) is 8.13. The minimum atomic E-state index is 0.741. The standard InChI is InChI=1S/C24H26N4O4/c1-13-23(15(3)31-27-13)19-11-17(7-9-21(19)29-5)25-26-18-8-10-22(30-6)20(12-18)24-14(2)28-32-16(24)4/h7-12,25-26H,1-6H3. The lowest BCUT2D eigenvalue weighted by Gasteiger charge is -2.15. The Balaban J connectivity index is 1.63. The quantitative estimate of drug-likeness (QED) is 0.358. The van der Waals surface area contributed by atoms with Crippen molar-refractivity contribution in [1.29, 1.82) is 0 Å². The van der Waals surface area contributed by atoms with Gasteiger partial charge in [0.25, 0.3) is 0 Å². The molecular weight excluding hydrogens is 408 g/mol. The molecule has 0 saturated heterocycles. The van der Waals surface area contributed by atoms with E-state index in [0.29, 0.717) is 0 Å². The molecule has 8 nitrogen and oxygen atoms in total. The number of hydrogen-bond donors (Lipinski definition) is 2. The molecule has 0 radical (unpaired) electrons. The first kappa shape index (κ1) is 21.3. The van der Waals surface area contributed by atoms with Gasteiger partial charge in [-0.15, -0.1) is 0 Å². The molecule has 0 atom stereocenters. The molecule has 4 rings (SSSR count). The molecule has 0 amide bonds. The van der Waals surface area contributed by atoms with Crippen molar-refractivity contribution in [3.63, 3.8) is 0 Å². The first-order chi connectivity index (χ1) is 15.4. The molecule has 0 aliphatic carbocycles. The summed E-state index contributed by atoms with van der Waals surface area (Å²) in [5.41, 5.74) is 13.5. The van der Waals surface area contributed by atoms with E-state index in [1.165, 1.54) is 0 Å². The fourth-order valence-electron chi connectivity index (χ4n) is 3.84. The number of aryl methyl sites for hydroxylation is 4. The lowest BCUT2D eigenvalue weighted by molar-refractivity contribution is 0.393. The number of hydrogen-bond acceptors (Lipinski definition) is 8. The third-order valence-electron chi connectivity index (χ3n) is 5.36. The molecule has 0 aliphatic heterocycles. The summed E-state index contributed by atoms with van der Waals surface area (Å²) in [6.45, 7) is 7.61. The largest absolute Gasteiger partial charge is 0.496 e. The Morgan fingerprint density at radius 1 is 0.656 bits per heavy atom. The molecular formula is C24H26N4O4. The monoisotopic (exact) mass is 434 g/mol. The van der Waals surface area contributed by atoms with E-state index in [2.05, 4.69) is 21.2 Å². The SMILES string of the molecule is COc1ccc(NNc2ccc(OC)c(-c3c(C)noc3C)c2)cc1-c1c(C)noc1C. The van der Waals surface area contributed by atoms with Crippen LogP contribution in [0.25, 0.3) is 22.3 Å². The molecule has 2 N–H and O–H groups in total. The highest BCUT2D eigenvalue weighted by atomic mass is 16.5. The van der Waals surface area contributed by atoms with Gasteiger partial charge in [-0.05, 0) is 64.1 Å². The molecule has 4 aromatic rings. The van der Waals surface area contributed by atoms with Gasteiger partial charge >= 0.3 is 0 Å². The van der Waals surface area contributed by atoms with Crippen LogP contribution in [0.5, 0.6) is 11.5 Å². The van der Waals surface area contributed by atoms with Gasteiger partial charge < -0.3 is 29.4 Å². The Bertz CT molecular complexity index is 1120. The molecule has 0 saturated carbocycles. The second-order valence-electron chi connectivity index (χ2n) is 7.48. The predicted molar refractivity (Wildman–Crippen MR) is 123 cm³/mol. The van der Waals surface area contributed by atoms with E-state index in [0.717, 1.165) is 68.0 Å². The Kier molecular flexibility index (Phi) is 5.77. The van der Waals surface area contributed by atoms with Crippen LogP contribution in [0.15, 0.2) is 45.4 Å². The molecule has 2 aromatic heterocycles. The van der Waals surface area contributed by atoms with Crippen molar-refractivity contribution in [1.82, 2.24) is 10.3 Å². The number of aromatic nitrogens is 2. The topological polar surface area (TPSA) is 94.6 Å². The highest BCUT2D eigenvalue weighted by Crippen LogP contribution is 2.38. The summed E-state index contributed by atoms with van der Waals surface area (Å²) >= 11 is 0. The fourth-order valence-corrected chi connectivity index (χ4v) is 3.84. The van der Waals surface area contributed by atoms with Gasteiger partial charge in [0, 0.05) is 11.1 Å². The van der Waals surface area contributed by atoms with Crippen LogP contribution in [0, 0.1) is 27.7 Å². The molecule has 166 valence electrons. The van der Waals surface area contributed by atoms with E-state index in [-0.39, 0.29) is 0 Å². The van der Waals surface area contributed by atoms with Crippen molar-refractivity contribution in [2.45, 2.75) is 27.7 Å². The number of benzene rings is 2. The van der Waals surface area contributed by atoms with E-state index in [9.17, 15) is 0 Å². The number of rotatable bonds is 7. The summed E-state index contributed by atoms with van der Waals surface area (Å²) in [6, 6.07) is 11.7. The molecule has 32 heavy (non-hydrogen) atoms. The Morgan fingerprint density at radius 3 is 1.38 bits per heavy atom. The van der Waals surface area contributed by atoms with Gasteiger partial charge in [0.2, 0.25) is 0 Å². The molecule has 0 fully saturated rings. The maximum absolute atomic E-state index is 5.56. The first-order valence-electron chi connectivity index (χ1n) is 10.2. The Morgan fingerprint density at radius 2 is 1.06 bits per heavy atom. The van der Waals surface area contributed by atoms with Crippen molar-refractivity contribution in [3.05, 3.63) is 59.3 Å². The summed E-state index contributed by atoms with van der Waals surface area (Å²) in [7, 11) is 3.30. The van der Waals surface area contributed by atoms with E-state index in [4.69, 9.17) is 18.5 Å². The zero-order chi connectivity index (χ0) is 22.8. The lowest BCUT2D eigenvalue weighted by atomic mass is 10.0. The van der Waals surface area contributed by atoms with Gasteiger partial charge in [-0.2, -0.15) is 0 Å². The van der Waals surface area contributed by atoms with Crippen LogP contribution in [0.3, 0.4) is 0 Å². The van der Waals surface area contributed by atoms with Crippen molar-refractivity contribution in [2.75, 3.05) is 25.1 Å². The molecule has 0 aliphatic rings. The fraction of sp³-hybridized carbons (Fsp3) is 0.250. The third kappa shape index (κ3) is 3.87. The average Bonchev–Trinajstić information content (AvgIpc) is 3.31. The van der Waals surface area contributed by atoms with Gasteiger partial charge in [0.05, 0.1) is 48.1 Å². The number of anilines is 2. The van der Waals surface area contributed by atoms with Crippen LogP contribution in [0.4, 0.5) is 11.4 Å². The van der Waals surface area contributed by atoms with E-state index in [1.54, 1.807) is 14.2 Å². The molecule has 0 unspecified atom stereocenters. The number of nitrogens with one attached hydrogen (secondary N) is 2. The molecule has 0 bridgehead atoms. The maximum Gasteiger partial charge on any atom is 0.141 e. The molecule has 2 aromatic carbocycles. The summed E-state index contributed by atoms with van der Waals surface area (Å²) in [6.07, 6.45) is 0. The van der Waals surface area contributed by atoms with E-state index in [1.807, 2.05) is 64.1 Å². The molecule has 0 spiro atoms. The van der Waals surface area contributed by atoms with Gasteiger partial charge in [0.1, 0.15) is 23.0 Å². The zero-order valence-corrected chi connectivity index (χ0v) is 19.0. The minimum Gasteiger partial charge on any atom is -0.496 e.